The second kappa shape index (κ2) is 8.00. The van der Waals surface area contributed by atoms with E-state index in [4.69, 9.17) is 0 Å². The van der Waals surface area contributed by atoms with Crippen molar-refractivity contribution in [2.24, 2.45) is 5.92 Å². The lowest BCUT2D eigenvalue weighted by atomic mass is 9.73. The fourth-order valence-corrected chi connectivity index (χ4v) is 3.96. The molecule has 1 spiro atoms. The molecule has 3 rings (SSSR count). The minimum absolute atomic E-state index is 0.0543. The number of benzene rings is 1. The molecule has 1 heterocycles. The standard InChI is InChI=1S/C20H26N4O4/c1-13-5-3-4-10-20(13)18(27)24(19(28)23-20)12-17(26)22-15-8-6-14(7-9-15)11-16(25)21-2/h6-9,13H,3-5,10-12H2,1-2H3,(H,21,25)(H,22,26)(H,23,28). The minimum Gasteiger partial charge on any atom is -0.359 e. The SMILES string of the molecule is CNC(=O)Cc1ccc(NC(=O)CN2C(=O)NC3(CCCCC3C)C2=O)cc1. The zero-order valence-electron chi connectivity index (χ0n) is 16.2. The molecule has 1 aromatic carbocycles. The van der Waals surface area contributed by atoms with Crippen LogP contribution in [0.3, 0.4) is 0 Å². The molecule has 3 N–H and O–H groups in total. The van der Waals surface area contributed by atoms with E-state index in [0.717, 1.165) is 29.7 Å². The summed E-state index contributed by atoms with van der Waals surface area (Å²) < 4.78 is 0. The summed E-state index contributed by atoms with van der Waals surface area (Å²) >= 11 is 0. The summed E-state index contributed by atoms with van der Waals surface area (Å²) in [5.74, 6) is -0.788. The summed E-state index contributed by atoms with van der Waals surface area (Å²) in [7, 11) is 1.57. The zero-order chi connectivity index (χ0) is 20.3. The number of nitrogens with one attached hydrogen (secondary N) is 3. The van der Waals surface area contributed by atoms with Gasteiger partial charge in [-0.1, -0.05) is 31.9 Å². The molecule has 2 unspecified atom stereocenters. The normalized spacial score (nSPS) is 24.2. The molecule has 5 amide bonds. The van der Waals surface area contributed by atoms with Gasteiger partial charge in [0.15, 0.2) is 0 Å². The first-order valence-corrected chi connectivity index (χ1v) is 9.59. The molecule has 150 valence electrons. The van der Waals surface area contributed by atoms with E-state index >= 15 is 0 Å². The second-order valence-corrected chi connectivity index (χ2v) is 7.53. The number of rotatable bonds is 5. The van der Waals surface area contributed by atoms with Crippen molar-refractivity contribution in [2.45, 2.75) is 44.6 Å². The molecule has 8 heteroatoms. The Balaban J connectivity index is 1.61. The highest BCUT2D eigenvalue weighted by Crippen LogP contribution is 2.38. The topological polar surface area (TPSA) is 108 Å². The van der Waals surface area contributed by atoms with Gasteiger partial charge in [-0.2, -0.15) is 0 Å². The Morgan fingerprint density at radius 1 is 1.18 bits per heavy atom. The maximum atomic E-state index is 12.9. The van der Waals surface area contributed by atoms with Crippen molar-refractivity contribution < 1.29 is 19.2 Å². The molecule has 0 bridgehead atoms. The average molecular weight is 386 g/mol. The van der Waals surface area contributed by atoms with Crippen LogP contribution in [-0.4, -0.2) is 47.8 Å². The number of hydrogen-bond donors (Lipinski definition) is 3. The molecule has 1 aliphatic heterocycles. The first-order chi connectivity index (χ1) is 13.4. The van der Waals surface area contributed by atoms with Crippen LogP contribution < -0.4 is 16.0 Å². The number of urea groups is 1. The van der Waals surface area contributed by atoms with Crippen LogP contribution in [0.25, 0.3) is 0 Å². The summed E-state index contributed by atoms with van der Waals surface area (Å²) in [5, 5.41) is 8.08. The molecule has 0 aromatic heterocycles. The summed E-state index contributed by atoms with van der Waals surface area (Å²) in [5.41, 5.74) is 0.495. The Morgan fingerprint density at radius 3 is 2.54 bits per heavy atom. The summed E-state index contributed by atoms with van der Waals surface area (Å²) in [4.78, 5) is 50.0. The van der Waals surface area contributed by atoms with E-state index in [1.165, 1.54) is 0 Å². The number of imide groups is 1. The maximum Gasteiger partial charge on any atom is 0.325 e. The van der Waals surface area contributed by atoms with Crippen LogP contribution in [0.5, 0.6) is 0 Å². The van der Waals surface area contributed by atoms with E-state index in [1.54, 1.807) is 31.3 Å². The molecule has 2 aliphatic rings. The summed E-state index contributed by atoms with van der Waals surface area (Å²) in [6, 6.07) is 6.36. The van der Waals surface area contributed by atoms with Gasteiger partial charge in [0.2, 0.25) is 11.8 Å². The third-order valence-corrected chi connectivity index (χ3v) is 5.68. The molecular weight excluding hydrogens is 360 g/mol. The van der Waals surface area contributed by atoms with Crippen molar-refractivity contribution in [3.05, 3.63) is 29.8 Å². The van der Waals surface area contributed by atoms with Crippen molar-refractivity contribution in [1.82, 2.24) is 15.5 Å². The van der Waals surface area contributed by atoms with Crippen molar-refractivity contribution in [1.29, 1.82) is 0 Å². The van der Waals surface area contributed by atoms with E-state index in [2.05, 4.69) is 16.0 Å². The van der Waals surface area contributed by atoms with Crippen LogP contribution in [0.15, 0.2) is 24.3 Å². The Bertz CT molecular complexity index is 792. The third kappa shape index (κ3) is 3.85. The van der Waals surface area contributed by atoms with Gasteiger partial charge in [0.1, 0.15) is 12.1 Å². The first-order valence-electron chi connectivity index (χ1n) is 9.59. The quantitative estimate of drug-likeness (QED) is 0.665. The van der Waals surface area contributed by atoms with Gasteiger partial charge in [0.25, 0.3) is 5.91 Å². The van der Waals surface area contributed by atoms with Gasteiger partial charge < -0.3 is 16.0 Å². The largest absolute Gasteiger partial charge is 0.359 e. The summed E-state index contributed by atoms with van der Waals surface area (Å²) in [6.07, 6.45) is 3.69. The van der Waals surface area contributed by atoms with E-state index in [0.29, 0.717) is 12.1 Å². The highest BCUT2D eigenvalue weighted by Gasteiger charge is 2.55. The van der Waals surface area contributed by atoms with Gasteiger partial charge in [-0.05, 0) is 36.5 Å². The predicted octanol–water partition coefficient (Wildman–Crippen LogP) is 1.41. The van der Waals surface area contributed by atoms with Gasteiger partial charge in [-0.3, -0.25) is 19.3 Å². The van der Waals surface area contributed by atoms with Gasteiger partial charge >= 0.3 is 6.03 Å². The highest BCUT2D eigenvalue weighted by atomic mass is 16.2. The Morgan fingerprint density at radius 2 is 1.89 bits per heavy atom. The van der Waals surface area contributed by atoms with Crippen LogP contribution >= 0.6 is 0 Å². The van der Waals surface area contributed by atoms with Gasteiger partial charge in [-0.15, -0.1) is 0 Å². The number of likely N-dealkylation sites (N-methyl/N-ethyl adjacent to an activating group) is 1. The van der Waals surface area contributed by atoms with E-state index in [1.807, 2.05) is 6.92 Å². The fourth-order valence-electron chi connectivity index (χ4n) is 3.96. The molecule has 1 saturated carbocycles. The van der Waals surface area contributed by atoms with Crippen molar-refractivity contribution >= 4 is 29.4 Å². The van der Waals surface area contributed by atoms with Gasteiger partial charge in [-0.25, -0.2) is 4.79 Å². The van der Waals surface area contributed by atoms with Gasteiger partial charge in [0, 0.05) is 12.7 Å². The minimum atomic E-state index is -0.864. The van der Waals surface area contributed by atoms with Crippen molar-refractivity contribution in [3.8, 4) is 0 Å². The number of amides is 5. The molecule has 8 nitrogen and oxygen atoms in total. The lowest BCUT2D eigenvalue weighted by Crippen LogP contribution is -2.54. The Labute approximate surface area is 164 Å². The van der Waals surface area contributed by atoms with Crippen LogP contribution in [0.1, 0.15) is 38.2 Å². The third-order valence-electron chi connectivity index (χ3n) is 5.68. The van der Waals surface area contributed by atoms with E-state index < -0.39 is 17.5 Å². The Kier molecular flexibility index (Phi) is 5.67. The molecular formula is C20H26N4O4. The number of hydrogen-bond acceptors (Lipinski definition) is 4. The number of nitrogens with zero attached hydrogens (tertiary/aromatic N) is 1. The van der Waals surface area contributed by atoms with Crippen LogP contribution in [0, 0.1) is 5.92 Å². The maximum absolute atomic E-state index is 12.9. The average Bonchev–Trinajstić information content (AvgIpc) is 2.90. The van der Waals surface area contributed by atoms with E-state index in [9.17, 15) is 19.2 Å². The molecule has 1 saturated heterocycles. The molecule has 0 radical (unpaired) electrons. The smallest absolute Gasteiger partial charge is 0.325 e. The van der Waals surface area contributed by atoms with E-state index in [-0.39, 0.29) is 30.7 Å². The van der Waals surface area contributed by atoms with Crippen LogP contribution in [0.2, 0.25) is 0 Å². The second-order valence-electron chi connectivity index (χ2n) is 7.53. The molecule has 2 atom stereocenters. The van der Waals surface area contributed by atoms with Crippen LogP contribution in [-0.2, 0) is 20.8 Å². The molecule has 28 heavy (non-hydrogen) atoms. The lowest BCUT2D eigenvalue weighted by Gasteiger charge is -2.36. The predicted molar refractivity (Wildman–Crippen MR) is 103 cm³/mol. The zero-order valence-corrected chi connectivity index (χ0v) is 16.2. The number of carbonyl (C=O) groups excluding carboxylic acids is 4. The molecule has 2 fully saturated rings. The lowest BCUT2D eigenvalue weighted by molar-refractivity contribution is -0.136. The molecule has 1 aromatic rings. The number of anilines is 1. The Hall–Kier alpha value is -2.90. The monoisotopic (exact) mass is 386 g/mol. The van der Waals surface area contributed by atoms with Crippen molar-refractivity contribution in [2.75, 3.05) is 18.9 Å². The highest BCUT2D eigenvalue weighted by molar-refractivity contribution is 6.10. The van der Waals surface area contributed by atoms with Crippen molar-refractivity contribution in [3.63, 3.8) is 0 Å². The molecule has 1 aliphatic carbocycles. The fraction of sp³-hybridized carbons (Fsp3) is 0.500. The first kappa shape index (κ1) is 19.9. The number of carbonyl (C=O) groups is 4. The van der Waals surface area contributed by atoms with Gasteiger partial charge in [0.05, 0.1) is 6.42 Å². The van der Waals surface area contributed by atoms with Crippen LogP contribution in [0.4, 0.5) is 10.5 Å². The summed E-state index contributed by atoms with van der Waals surface area (Å²) in [6.45, 7) is 1.65.